The summed E-state index contributed by atoms with van der Waals surface area (Å²) in [5.41, 5.74) is 6.43. The molecule has 0 unspecified atom stereocenters. The Morgan fingerprint density at radius 2 is 1.04 bits per heavy atom. The molecule has 51 heavy (non-hydrogen) atoms. The fourth-order valence-corrected chi connectivity index (χ4v) is 6.62. The molecular weight excluding hydrogens is 642 g/mol. The fraction of sp³-hybridized carbons (Fsp3) is 0.114. The molecule has 2 heterocycles. The van der Waals surface area contributed by atoms with E-state index >= 15 is 0 Å². The molecule has 8 aromatic rings. The summed E-state index contributed by atoms with van der Waals surface area (Å²) in [6.45, 7) is 6.58. The van der Waals surface area contributed by atoms with Crippen LogP contribution >= 0.6 is 0 Å². The number of halogens is 3. The van der Waals surface area contributed by atoms with E-state index in [9.17, 15) is 13.2 Å². The van der Waals surface area contributed by atoms with E-state index in [1.54, 1.807) is 6.07 Å². The zero-order valence-corrected chi connectivity index (χ0v) is 28.3. The summed E-state index contributed by atoms with van der Waals surface area (Å²) in [7, 11) is 0. The number of rotatable bonds is 5. The van der Waals surface area contributed by atoms with Gasteiger partial charge in [0.1, 0.15) is 0 Å². The molecule has 0 spiro atoms. The summed E-state index contributed by atoms with van der Waals surface area (Å²) < 4.78 is 44.3. The Labute approximate surface area is 293 Å². The predicted octanol–water partition coefficient (Wildman–Crippen LogP) is 12.0. The highest BCUT2D eigenvalue weighted by Crippen LogP contribution is 2.40. The van der Waals surface area contributed by atoms with Crippen LogP contribution in [0.2, 0.25) is 0 Å². The van der Waals surface area contributed by atoms with E-state index in [1.165, 1.54) is 17.7 Å². The van der Waals surface area contributed by atoms with Crippen molar-refractivity contribution in [3.8, 4) is 51.0 Å². The third kappa shape index (κ3) is 6.05. The average molecular weight is 675 g/mol. The van der Waals surface area contributed by atoms with Crippen LogP contribution in [0.4, 0.5) is 13.2 Å². The van der Waals surface area contributed by atoms with Crippen molar-refractivity contribution in [3.63, 3.8) is 0 Å². The van der Waals surface area contributed by atoms with Crippen molar-refractivity contribution in [2.24, 2.45) is 0 Å². The Morgan fingerprint density at radius 1 is 0.451 bits per heavy atom. The number of fused-ring (bicyclic) bond motifs is 3. The molecule has 0 aliphatic carbocycles. The van der Waals surface area contributed by atoms with Crippen LogP contribution in [0.25, 0.3) is 72.8 Å². The summed E-state index contributed by atoms with van der Waals surface area (Å²) in [5.74, 6) is 1.28. The SMILES string of the molecule is CC(C)(C)c1ccc2c3ccccc3n(-c3ccc(-c4cccc(C(F)(F)F)c4)c(-c4nc(-c5ccccc5)nc(-c5ccccc5)n4)c3)c2c1. The number of aromatic nitrogens is 4. The zero-order chi connectivity index (χ0) is 35.3. The number of nitrogens with zero attached hydrogens (tertiary/aromatic N) is 4. The van der Waals surface area contributed by atoms with E-state index in [0.717, 1.165) is 44.7 Å². The van der Waals surface area contributed by atoms with Gasteiger partial charge < -0.3 is 4.57 Å². The second kappa shape index (κ2) is 12.4. The maximum atomic E-state index is 14.0. The first-order valence-electron chi connectivity index (χ1n) is 16.8. The first-order valence-corrected chi connectivity index (χ1v) is 16.8. The van der Waals surface area contributed by atoms with Crippen LogP contribution in [-0.4, -0.2) is 19.5 Å². The quantitative estimate of drug-likeness (QED) is 0.182. The minimum Gasteiger partial charge on any atom is -0.309 e. The van der Waals surface area contributed by atoms with Gasteiger partial charge in [-0.1, -0.05) is 130 Å². The molecule has 0 saturated heterocycles. The minimum atomic E-state index is -4.50. The molecule has 0 fully saturated rings. The monoisotopic (exact) mass is 674 g/mol. The second-order valence-electron chi connectivity index (χ2n) is 13.7. The van der Waals surface area contributed by atoms with Crippen molar-refractivity contribution in [3.05, 3.63) is 157 Å². The summed E-state index contributed by atoms with van der Waals surface area (Å²) in [6, 6.07) is 45.4. The first kappa shape index (κ1) is 32.1. The van der Waals surface area contributed by atoms with Gasteiger partial charge in [0, 0.05) is 33.2 Å². The lowest BCUT2D eigenvalue weighted by Crippen LogP contribution is -2.10. The molecule has 7 heteroatoms. The van der Waals surface area contributed by atoms with E-state index in [0.29, 0.717) is 34.2 Å². The zero-order valence-electron chi connectivity index (χ0n) is 28.3. The second-order valence-corrected chi connectivity index (χ2v) is 13.7. The van der Waals surface area contributed by atoms with Crippen LogP contribution in [-0.2, 0) is 11.6 Å². The highest BCUT2D eigenvalue weighted by Gasteiger charge is 2.31. The maximum absolute atomic E-state index is 14.0. The van der Waals surface area contributed by atoms with Gasteiger partial charge in [0.2, 0.25) is 0 Å². The lowest BCUT2D eigenvalue weighted by atomic mass is 9.86. The van der Waals surface area contributed by atoms with Gasteiger partial charge in [0.25, 0.3) is 0 Å². The van der Waals surface area contributed by atoms with Crippen LogP contribution in [0.15, 0.2) is 146 Å². The molecule has 0 aliphatic heterocycles. The molecular formula is C44H33F3N4. The van der Waals surface area contributed by atoms with Crippen LogP contribution in [0.1, 0.15) is 31.9 Å². The molecule has 0 aliphatic rings. The third-order valence-corrected chi connectivity index (χ3v) is 9.24. The van der Waals surface area contributed by atoms with Crippen molar-refractivity contribution in [1.29, 1.82) is 0 Å². The van der Waals surface area contributed by atoms with Gasteiger partial charge in [-0.2, -0.15) is 13.2 Å². The van der Waals surface area contributed by atoms with E-state index in [4.69, 9.17) is 15.0 Å². The van der Waals surface area contributed by atoms with Crippen LogP contribution in [0, 0.1) is 0 Å². The molecule has 2 aromatic heterocycles. The van der Waals surface area contributed by atoms with Gasteiger partial charge >= 0.3 is 6.18 Å². The molecule has 0 bridgehead atoms. The van der Waals surface area contributed by atoms with Gasteiger partial charge in [0.15, 0.2) is 17.5 Å². The molecule has 0 radical (unpaired) electrons. The fourth-order valence-electron chi connectivity index (χ4n) is 6.62. The molecule has 0 saturated carbocycles. The normalized spacial score (nSPS) is 12.1. The Balaban J connectivity index is 1.44. The predicted molar refractivity (Wildman–Crippen MR) is 200 cm³/mol. The molecule has 250 valence electrons. The van der Waals surface area contributed by atoms with Crippen LogP contribution in [0.5, 0.6) is 0 Å². The Kier molecular flexibility index (Phi) is 7.79. The summed E-state index contributed by atoms with van der Waals surface area (Å²) in [5, 5.41) is 2.22. The number of hydrogen-bond donors (Lipinski definition) is 0. The lowest BCUT2D eigenvalue weighted by molar-refractivity contribution is -0.137. The highest BCUT2D eigenvalue weighted by molar-refractivity contribution is 6.09. The minimum absolute atomic E-state index is 0.0828. The van der Waals surface area contributed by atoms with Gasteiger partial charge in [-0.05, 0) is 58.5 Å². The number of hydrogen-bond acceptors (Lipinski definition) is 3. The molecule has 8 rings (SSSR count). The molecule has 4 nitrogen and oxygen atoms in total. The highest BCUT2D eigenvalue weighted by atomic mass is 19.4. The summed E-state index contributed by atoms with van der Waals surface area (Å²) >= 11 is 0. The lowest BCUT2D eigenvalue weighted by Gasteiger charge is -2.20. The number of benzene rings is 6. The number of alkyl halides is 3. The van der Waals surface area contributed by atoms with Crippen molar-refractivity contribution in [2.75, 3.05) is 0 Å². The van der Waals surface area contributed by atoms with E-state index in [-0.39, 0.29) is 5.41 Å². The van der Waals surface area contributed by atoms with E-state index in [1.807, 2.05) is 91.0 Å². The largest absolute Gasteiger partial charge is 0.416 e. The van der Waals surface area contributed by atoms with Gasteiger partial charge in [0.05, 0.1) is 16.6 Å². The van der Waals surface area contributed by atoms with Gasteiger partial charge in [-0.25, -0.2) is 15.0 Å². The van der Waals surface area contributed by atoms with Crippen molar-refractivity contribution >= 4 is 21.8 Å². The van der Waals surface area contributed by atoms with E-state index < -0.39 is 11.7 Å². The van der Waals surface area contributed by atoms with E-state index in [2.05, 4.69) is 55.7 Å². The average Bonchev–Trinajstić information content (AvgIpc) is 3.48. The molecule has 6 aromatic carbocycles. The van der Waals surface area contributed by atoms with Gasteiger partial charge in [-0.15, -0.1) is 0 Å². The Morgan fingerprint density at radius 3 is 1.69 bits per heavy atom. The van der Waals surface area contributed by atoms with Crippen molar-refractivity contribution in [1.82, 2.24) is 19.5 Å². The van der Waals surface area contributed by atoms with Crippen LogP contribution in [0.3, 0.4) is 0 Å². The third-order valence-electron chi connectivity index (χ3n) is 9.24. The standard InChI is InChI=1S/C44H33F3N4/c1-43(2,3)31-21-23-36-35-19-10-11-20-38(35)51(39(36)26-31)33-22-24-34(30-17-12-18-32(25-30)44(45,46)47)37(27-33)42-49-40(28-13-6-4-7-14-28)48-41(50-42)29-15-8-5-9-16-29/h4-27H,1-3H3. The summed E-state index contributed by atoms with van der Waals surface area (Å²) in [4.78, 5) is 14.9. The summed E-state index contributed by atoms with van der Waals surface area (Å²) in [6.07, 6.45) is -4.50. The van der Waals surface area contributed by atoms with Crippen molar-refractivity contribution < 1.29 is 13.2 Å². The van der Waals surface area contributed by atoms with Gasteiger partial charge in [-0.3, -0.25) is 0 Å². The number of para-hydroxylation sites is 1. The van der Waals surface area contributed by atoms with Crippen molar-refractivity contribution in [2.45, 2.75) is 32.4 Å². The molecule has 0 N–H and O–H groups in total. The Bertz CT molecular complexity index is 2490. The smallest absolute Gasteiger partial charge is 0.309 e. The molecule has 0 amide bonds. The molecule has 0 atom stereocenters. The van der Waals surface area contributed by atoms with Crippen LogP contribution < -0.4 is 0 Å². The Hall–Kier alpha value is -6.08. The topological polar surface area (TPSA) is 43.6 Å². The first-order chi connectivity index (χ1) is 24.5. The maximum Gasteiger partial charge on any atom is 0.416 e.